The van der Waals surface area contributed by atoms with Gasteiger partial charge in [0, 0.05) is 43.0 Å². The van der Waals surface area contributed by atoms with Gasteiger partial charge in [0.05, 0.1) is 33.5 Å². The van der Waals surface area contributed by atoms with Crippen LogP contribution in [0.4, 0.5) is 0 Å². The summed E-state index contributed by atoms with van der Waals surface area (Å²) in [6.45, 7) is 0. The zero-order valence-electron chi connectivity index (χ0n) is 31.1. The predicted octanol–water partition coefficient (Wildman–Crippen LogP) is 13.6. The largest absolute Gasteiger partial charge is 0.310 e. The fourth-order valence-electron chi connectivity index (χ4n) is 9.28. The van der Waals surface area contributed by atoms with Crippen molar-refractivity contribution < 1.29 is 0 Å². The molecule has 0 amide bonds. The van der Waals surface area contributed by atoms with Crippen molar-refractivity contribution in [3.63, 3.8) is 0 Å². The van der Waals surface area contributed by atoms with E-state index in [0.717, 1.165) is 52.8 Å². The van der Waals surface area contributed by atoms with Gasteiger partial charge in [-0.1, -0.05) is 127 Å². The molecule has 4 heterocycles. The summed E-state index contributed by atoms with van der Waals surface area (Å²) in [6, 6.07) is 52.7. The molecule has 5 heteroatoms. The summed E-state index contributed by atoms with van der Waals surface area (Å²) in [5.41, 5.74) is 15.1. The number of thioether (sulfide) groups is 1. The zero-order chi connectivity index (χ0) is 37.5. The van der Waals surface area contributed by atoms with E-state index in [0.29, 0.717) is 11.2 Å². The van der Waals surface area contributed by atoms with E-state index in [4.69, 9.17) is 9.97 Å². The van der Waals surface area contributed by atoms with Gasteiger partial charge >= 0.3 is 0 Å². The molecule has 4 nitrogen and oxygen atoms in total. The SMILES string of the molecule is C1=CC(c2cc(-c3ccccc3)nc(-n3c4ccccc4c4c(-c5ccc6c(c5)c5ccccc5n6C5=CCC6Sc7ccccc7C6=C5)cccc43)n2)=CCC1. The van der Waals surface area contributed by atoms with Gasteiger partial charge in [0.2, 0.25) is 5.95 Å². The van der Waals surface area contributed by atoms with E-state index in [-0.39, 0.29) is 0 Å². The Hall–Kier alpha value is -6.69. The minimum absolute atomic E-state index is 0.479. The van der Waals surface area contributed by atoms with Crippen molar-refractivity contribution in [2.45, 2.75) is 29.4 Å². The highest BCUT2D eigenvalue weighted by atomic mass is 32.2. The number of nitrogens with zero attached hydrogens (tertiary/aromatic N) is 4. The number of aromatic nitrogens is 4. The standard InChI is InChI=1S/C52H36N4S/c1-3-14-33(15-4-1)43-32-44(34-16-5-2-6-17-34)54-52(53-43)56-46-23-11-8-20-40(46)51-37(21-13-24-48(51)56)35-26-28-47-41(30-35)38-18-7-10-22-45(38)55(47)36-27-29-50-42(31-36)39-19-9-12-25-49(39)57-50/h1,3-5,7-28,30-32,50H,2,6,29H2. The highest BCUT2D eigenvalue weighted by Crippen LogP contribution is 2.50. The van der Waals surface area contributed by atoms with Crippen LogP contribution in [0.1, 0.15) is 30.5 Å². The highest BCUT2D eigenvalue weighted by molar-refractivity contribution is 8.00. The Bertz CT molecular complexity index is 3250. The molecule has 0 spiro atoms. The van der Waals surface area contributed by atoms with Crippen LogP contribution in [0.3, 0.4) is 0 Å². The summed E-state index contributed by atoms with van der Waals surface area (Å²) in [5, 5.41) is 5.37. The maximum Gasteiger partial charge on any atom is 0.235 e. The first-order chi connectivity index (χ1) is 28.3. The molecule has 6 aromatic carbocycles. The topological polar surface area (TPSA) is 35.6 Å². The van der Waals surface area contributed by atoms with Crippen LogP contribution in [-0.4, -0.2) is 24.4 Å². The molecule has 0 N–H and O–H groups in total. The van der Waals surface area contributed by atoms with Crippen LogP contribution in [0.2, 0.25) is 0 Å². The minimum Gasteiger partial charge on any atom is -0.310 e. The summed E-state index contributed by atoms with van der Waals surface area (Å²) in [6.07, 6.45) is 14.7. The second kappa shape index (κ2) is 12.9. The van der Waals surface area contributed by atoms with Crippen molar-refractivity contribution in [1.82, 2.24) is 19.1 Å². The van der Waals surface area contributed by atoms with E-state index in [1.807, 2.05) is 11.8 Å². The summed E-state index contributed by atoms with van der Waals surface area (Å²) in [7, 11) is 0. The van der Waals surface area contributed by atoms with Gasteiger partial charge in [0.15, 0.2) is 0 Å². The lowest BCUT2D eigenvalue weighted by Crippen LogP contribution is -2.07. The molecular formula is C52H36N4S. The third kappa shape index (κ3) is 5.16. The number of hydrogen-bond acceptors (Lipinski definition) is 3. The molecule has 0 fully saturated rings. The normalized spacial score (nSPS) is 16.2. The van der Waals surface area contributed by atoms with Gasteiger partial charge in [-0.2, -0.15) is 0 Å². The molecule has 2 aliphatic carbocycles. The van der Waals surface area contributed by atoms with E-state index in [2.05, 4.69) is 185 Å². The summed E-state index contributed by atoms with van der Waals surface area (Å²) in [5.74, 6) is 0.675. The van der Waals surface area contributed by atoms with Crippen molar-refractivity contribution in [3.8, 4) is 28.3 Å². The fraction of sp³-hybridized carbons (Fsp3) is 0.0769. The van der Waals surface area contributed by atoms with Gasteiger partial charge in [0.25, 0.3) is 0 Å². The minimum atomic E-state index is 0.479. The van der Waals surface area contributed by atoms with Gasteiger partial charge in [0.1, 0.15) is 0 Å². The van der Waals surface area contributed by atoms with Gasteiger partial charge in [-0.05, 0) is 95.6 Å². The first-order valence-corrected chi connectivity index (χ1v) is 20.7. The molecule has 3 aliphatic rings. The molecule has 9 aromatic rings. The third-order valence-electron chi connectivity index (χ3n) is 11.9. The van der Waals surface area contributed by atoms with Crippen LogP contribution < -0.4 is 0 Å². The molecule has 1 unspecified atom stereocenters. The first kappa shape index (κ1) is 32.5. The molecule has 0 bridgehead atoms. The van der Waals surface area contributed by atoms with Crippen molar-refractivity contribution in [3.05, 3.63) is 187 Å². The Morgan fingerprint density at radius 2 is 1.28 bits per heavy atom. The van der Waals surface area contributed by atoms with Crippen molar-refractivity contribution in [2.75, 3.05) is 0 Å². The molecule has 12 rings (SSSR count). The predicted molar refractivity (Wildman–Crippen MR) is 240 cm³/mol. The molecule has 0 radical (unpaired) electrons. The van der Waals surface area contributed by atoms with Gasteiger partial charge < -0.3 is 4.57 Å². The highest BCUT2D eigenvalue weighted by Gasteiger charge is 2.30. The van der Waals surface area contributed by atoms with E-state index < -0.39 is 0 Å². The zero-order valence-corrected chi connectivity index (χ0v) is 32.0. The third-order valence-corrected chi connectivity index (χ3v) is 13.2. The Morgan fingerprint density at radius 1 is 0.544 bits per heavy atom. The Morgan fingerprint density at radius 3 is 2.16 bits per heavy atom. The van der Waals surface area contributed by atoms with Crippen LogP contribution >= 0.6 is 11.8 Å². The quantitative estimate of drug-likeness (QED) is 0.176. The van der Waals surface area contributed by atoms with Gasteiger partial charge in [-0.15, -0.1) is 11.8 Å². The second-order valence-corrected chi connectivity index (χ2v) is 16.4. The number of hydrogen-bond donors (Lipinski definition) is 0. The molecule has 270 valence electrons. The Labute approximate surface area is 334 Å². The van der Waals surface area contributed by atoms with Crippen LogP contribution in [-0.2, 0) is 0 Å². The lowest BCUT2D eigenvalue weighted by Gasteiger charge is -2.19. The first-order valence-electron chi connectivity index (χ1n) is 19.8. The van der Waals surface area contributed by atoms with E-state index in [9.17, 15) is 0 Å². The van der Waals surface area contributed by atoms with Gasteiger partial charge in [-0.25, -0.2) is 9.97 Å². The number of fused-ring (bicyclic) bond motifs is 9. The number of allylic oxidation sites excluding steroid dienone is 7. The molecular weight excluding hydrogens is 713 g/mol. The van der Waals surface area contributed by atoms with Crippen LogP contribution in [0.5, 0.6) is 0 Å². The van der Waals surface area contributed by atoms with E-state index in [1.165, 1.54) is 65.4 Å². The summed E-state index contributed by atoms with van der Waals surface area (Å²) < 4.78 is 4.73. The van der Waals surface area contributed by atoms with Crippen molar-refractivity contribution in [1.29, 1.82) is 0 Å². The smallest absolute Gasteiger partial charge is 0.235 e. The lowest BCUT2D eigenvalue weighted by molar-refractivity contribution is 0.978. The number of para-hydroxylation sites is 2. The maximum absolute atomic E-state index is 5.30. The maximum atomic E-state index is 5.30. The molecule has 1 aliphatic heterocycles. The van der Waals surface area contributed by atoms with Crippen molar-refractivity contribution >= 4 is 72.2 Å². The summed E-state index contributed by atoms with van der Waals surface area (Å²) >= 11 is 2.00. The molecule has 57 heavy (non-hydrogen) atoms. The van der Waals surface area contributed by atoms with E-state index >= 15 is 0 Å². The number of benzene rings is 6. The fourth-order valence-corrected chi connectivity index (χ4v) is 10.6. The molecule has 3 aromatic heterocycles. The average molecular weight is 749 g/mol. The Balaban J connectivity index is 1.05. The molecule has 0 saturated carbocycles. The molecule has 0 saturated heterocycles. The summed E-state index contributed by atoms with van der Waals surface area (Å²) in [4.78, 5) is 12.0. The van der Waals surface area contributed by atoms with Gasteiger partial charge in [-0.3, -0.25) is 4.57 Å². The van der Waals surface area contributed by atoms with Crippen LogP contribution in [0.25, 0.3) is 88.8 Å². The average Bonchev–Trinajstić information content (AvgIpc) is 3.94. The van der Waals surface area contributed by atoms with Crippen LogP contribution in [0.15, 0.2) is 181 Å². The number of rotatable bonds is 5. The Kier molecular flexibility index (Phi) is 7.39. The molecule has 1 atom stereocenters. The van der Waals surface area contributed by atoms with Crippen molar-refractivity contribution in [2.24, 2.45) is 0 Å². The van der Waals surface area contributed by atoms with E-state index in [1.54, 1.807) is 0 Å². The second-order valence-electron chi connectivity index (χ2n) is 15.1. The lowest BCUT2D eigenvalue weighted by atomic mass is 9.95. The monoisotopic (exact) mass is 748 g/mol. The van der Waals surface area contributed by atoms with Crippen LogP contribution in [0, 0.1) is 0 Å².